The average Bonchev–Trinajstić information content (AvgIpc) is 2.77. The van der Waals surface area contributed by atoms with Gasteiger partial charge in [-0.2, -0.15) is 0 Å². The third-order valence-electron chi connectivity index (χ3n) is 2.79. The van der Waals surface area contributed by atoms with Gasteiger partial charge in [0.1, 0.15) is 18.4 Å². The van der Waals surface area contributed by atoms with Crippen LogP contribution in [0.2, 0.25) is 0 Å². The predicted molar refractivity (Wildman–Crippen MR) is 68.6 cm³/mol. The number of hydrogen-bond donors (Lipinski definition) is 0. The molecule has 1 aliphatic heterocycles. The smallest absolute Gasteiger partial charge is 0.189 e. The molecule has 17 heavy (non-hydrogen) atoms. The Morgan fingerprint density at radius 2 is 2.00 bits per heavy atom. The Morgan fingerprint density at radius 3 is 2.59 bits per heavy atom. The molecule has 1 aromatic carbocycles. The van der Waals surface area contributed by atoms with Crippen molar-refractivity contribution >= 4 is 5.90 Å². The Balaban J connectivity index is 2.28. The number of rotatable bonds is 2. The summed E-state index contributed by atoms with van der Waals surface area (Å²) in [4.78, 5) is 4.65. The van der Waals surface area contributed by atoms with Gasteiger partial charge >= 0.3 is 0 Å². The van der Waals surface area contributed by atoms with Gasteiger partial charge in [0.25, 0.3) is 0 Å². The van der Waals surface area contributed by atoms with E-state index < -0.39 is 0 Å². The lowest BCUT2D eigenvalue weighted by Gasteiger charge is -2.16. The molecule has 0 bridgehead atoms. The maximum absolute atomic E-state index is 5.68. The highest BCUT2D eigenvalue weighted by Gasteiger charge is 2.30. The van der Waals surface area contributed by atoms with Crippen LogP contribution in [-0.2, 0) is 4.74 Å². The fourth-order valence-electron chi connectivity index (χ4n) is 1.89. The van der Waals surface area contributed by atoms with Crippen molar-refractivity contribution in [2.45, 2.75) is 26.8 Å². The van der Waals surface area contributed by atoms with Crippen LogP contribution in [0.4, 0.5) is 0 Å². The Labute approximate surface area is 102 Å². The van der Waals surface area contributed by atoms with E-state index in [0.29, 0.717) is 6.61 Å². The van der Waals surface area contributed by atoms with E-state index in [4.69, 9.17) is 9.47 Å². The van der Waals surface area contributed by atoms with Crippen LogP contribution in [0.1, 0.15) is 32.4 Å². The molecule has 0 N–H and O–H groups in total. The summed E-state index contributed by atoms with van der Waals surface area (Å²) in [5, 5.41) is 0. The molecule has 3 nitrogen and oxygen atoms in total. The SMILES string of the molecule is COc1ccccc1C1COC(C(C)(C)C)=N1. The van der Waals surface area contributed by atoms with Crippen molar-refractivity contribution in [3.63, 3.8) is 0 Å². The number of nitrogens with zero attached hydrogens (tertiary/aromatic N) is 1. The van der Waals surface area contributed by atoms with Gasteiger partial charge in [0.15, 0.2) is 5.90 Å². The molecule has 1 aromatic rings. The first kappa shape index (κ1) is 12.0. The number of ether oxygens (including phenoxy) is 2. The van der Waals surface area contributed by atoms with Gasteiger partial charge in [-0.25, -0.2) is 4.99 Å². The first-order chi connectivity index (χ1) is 8.02. The first-order valence-electron chi connectivity index (χ1n) is 5.86. The molecule has 3 heteroatoms. The van der Waals surface area contributed by atoms with Gasteiger partial charge in [-0.15, -0.1) is 0 Å². The Kier molecular flexibility index (Phi) is 3.09. The summed E-state index contributed by atoms with van der Waals surface area (Å²) in [6, 6.07) is 8.03. The van der Waals surface area contributed by atoms with Crippen LogP contribution >= 0.6 is 0 Å². The molecule has 1 heterocycles. The molecule has 0 aliphatic carbocycles. The molecule has 0 radical (unpaired) electrons. The van der Waals surface area contributed by atoms with Crippen LogP contribution in [0.15, 0.2) is 29.3 Å². The van der Waals surface area contributed by atoms with Crippen molar-refractivity contribution in [3.8, 4) is 5.75 Å². The van der Waals surface area contributed by atoms with E-state index in [9.17, 15) is 0 Å². The van der Waals surface area contributed by atoms with Gasteiger partial charge in [-0.05, 0) is 6.07 Å². The van der Waals surface area contributed by atoms with E-state index in [2.05, 4.69) is 25.8 Å². The summed E-state index contributed by atoms with van der Waals surface area (Å²) in [6.07, 6.45) is 0. The molecule has 0 aromatic heterocycles. The monoisotopic (exact) mass is 233 g/mol. The minimum Gasteiger partial charge on any atom is -0.496 e. The summed E-state index contributed by atoms with van der Waals surface area (Å²) >= 11 is 0. The minimum atomic E-state index is -0.0310. The van der Waals surface area contributed by atoms with Crippen molar-refractivity contribution in [3.05, 3.63) is 29.8 Å². The Morgan fingerprint density at radius 1 is 1.29 bits per heavy atom. The molecule has 2 rings (SSSR count). The molecule has 0 saturated carbocycles. The average molecular weight is 233 g/mol. The maximum atomic E-state index is 5.68. The third kappa shape index (κ3) is 2.43. The molecule has 92 valence electrons. The van der Waals surface area contributed by atoms with Crippen molar-refractivity contribution in [2.75, 3.05) is 13.7 Å². The highest BCUT2D eigenvalue weighted by molar-refractivity contribution is 5.83. The van der Waals surface area contributed by atoms with Gasteiger partial charge in [0, 0.05) is 11.0 Å². The van der Waals surface area contributed by atoms with Crippen molar-refractivity contribution in [1.82, 2.24) is 0 Å². The lowest BCUT2D eigenvalue weighted by molar-refractivity contribution is 0.281. The lowest BCUT2D eigenvalue weighted by Crippen LogP contribution is -2.20. The molecule has 0 amide bonds. The Bertz CT molecular complexity index is 432. The lowest BCUT2D eigenvalue weighted by atomic mass is 9.97. The molecule has 0 saturated heterocycles. The Hall–Kier alpha value is -1.51. The third-order valence-corrected chi connectivity index (χ3v) is 2.79. The van der Waals surface area contributed by atoms with E-state index >= 15 is 0 Å². The van der Waals surface area contributed by atoms with Crippen molar-refractivity contribution in [2.24, 2.45) is 10.4 Å². The molecule has 1 aliphatic rings. The topological polar surface area (TPSA) is 30.8 Å². The van der Waals surface area contributed by atoms with Gasteiger partial charge in [-0.3, -0.25) is 0 Å². The van der Waals surface area contributed by atoms with Crippen LogP contribution in [0.25, 0.3) is 0 Å². The molecule has 1 atom stereocenters. The predicted octanol–water partition coefficient (Wildman–Crippen LogP) is 3.21. The zero-order chi connectivity index (χ0) is 12.5. The normalized spacial score (nSPS) is 19.8. The molecule has 0 fully saturated rings. The van der Waals surface area contributed by atoms with Crippen LogP contribution in [0.5, 0.6) is 5.75 Å². The zero-order valence-corrected chi connectivity index (χ0v) is 10.9. The number of para-hydroxylation sites is 1. The highest BCUT2D eigenvalue weighted by atomic mass is 16.5. The molecular weight excluding hydrogens is 214 g/mol. The number of benzene rings is 1. The van der Waals surface area contributed by atoms with Crippen molar-refractivity contribution in [1.29, 1.82) is 0 Å². The standard InChI is InChI=1S/C14H19NO2/c1-14(2,3)13-15-11(9-17-13)10-7-5-6-8-12(10)16-4/h5-8,11H,9H2,1-4H3. The minimum absolute atomic E-state index is 0.0310. The van der Waals surface area contributed by atoms with E-state index in [-0.39, 0.29) is 11.5 Å². The van der Waals surface area contributed by atoms with Gasteiger partial charge in [0.2, 0.25) is 0 Å². The second-order valence-corrected chi connectivity index (χ2v) is 5.25. The summed E-state index contributed by atoms with van der Waals surface area (Å²) in [7, 11) is 1.68. The number of aliphatic imine (C=N–C) groups is 1. The molecule has 0 spiro atoms. The van der Waals surface area contributed by atoms with Crippen LogP contribution in [0, 0.1) is 5.41 Å². The quantitative estimate of drug-likeness (QED) is 0.785. The van der Waals surface area contributed by atoms with Crippen molar-refractivity contribution < 1.29 is 9.47 Å². The zero-order valence-electron chi connectivity index (χ0n) is 10.9. The van der Waals surface area contributed by atoms with E-state index in [1.807, 2.05) is 24.3 Å². The first-order valence-corrected chi connectivity index (χ1v) is 5.86. The van der Waals surface area contributed by atoms with Crippen LogP contribution in [0.3, 0.4) is 0 Å². The van der Waals surface area contributed by atoms with Gasteiger partial charge in [0.05, 0.1) is 7.11 Å². The van der Waals surface area contributed by atoms with Crippen LogP contribution < -0.4 is 4.74 Å². The number of hydrogen-bond acceptors (Lipinski definition) is 3. The molecular formula is C14H19NO2. The summed E-state index contributed by atoms with van der Waals surface area (Å²) in [5.41, 5.74) is 1.06. The summed E-state index contributed by atoms with van der Waals surface area (Å²) < 4.78 is 11.0. The van der Waals surface area contributed by atoms with E-state index in [1.165, 1.54) is 0 Å². The fraction of sp³-hybridized carbons (Fsp3) is 0.500. The van der Waals surface area contributed by atoms with Gasteiger partial charge < -0.3 is 9.47 Å². The van der Waals surface area contributed by atoms with Crippen LogP contribution in [-0.4, -0.2) is 19.6 Å². The number of methoxy groups -OCH3 is 1. The summed E-state index contributed by atoms with van der Waals surface area (Å²) in [6.45, 7) is 6.93. The second-order valence-electron chi connectivity index (χ2n) is 5.25. The highest BCUT2D eigenvalue weighted by Crippen LogP contribution is 2.33. The largest absolute Gasteiger partial charge is 0.496 e. The second kappa shape index (κ2) is 4.40. The van der Waals surface area contributed by atoms with E-state index in [1.54, 1.807) is 7.11 Å². The summed E-state index contributed by atoms with van der Waals surface area (Å²) in [5.74, 6) is 1.70. The maximum Gasteiger partial charge on any atom is 0.189 e. The van der Waals surface area contributed by atoms with Gasteiger partial charge in [-0.1, -0.05) is 39.0 Å². The van der Waals surface area contributed by atoms with E-state index in [0.717, 1.165) is 17.2 Å². The molecule has 1 unspecified atom stereocenters. The fourth-order valence-corrected chi connectivity index (χ4v) is 1.89.